The second kappa shape index (κ2) is 7.61. The number of aromatic nitrogens is 1. The van der Waals surface area contributed by atoms with Gasteiger partial charge in [0.1, 0.15) is 5.69 Å². The first-order chi connectivity index (χ1) is 12.4. The Hall–Kier alpha value is -2.16. The fourth-order valence-electron chi connectivity index (χ4n) is 2.75. The normalized spacial score (nSPS) is 13.7. The minimum atomic E-state index is -1.01. The Morgan fingerprint density at radius 1 is 1.38 bits per heavy atom. The number of rotatable bonds is 6. The molecule has 0 fully saturated rings. The van der Waals surface area contributed by atoms with Crippen molar-refractivity contribution in [3.63, 3.8) is 0 Å². The van der Waals surface area contributed by atoms with E-state index in [4.69, 9.17) is 5.11 Å². The second-order valence-electron chi connectivity index (χ2n) is 6.09. The van der Waals surface area contributed by atoms with Gasteiger partial charge in [0.05, 0.1) is 17.2 Å². The number of benzene rings is 1. The highest BCUT2D eigenvalue weighted by atomic mass is 32.2. The Morgan fingerprint density at radius 2 is 2.15 bits per heavy atom. The molecular weight excluding hydrogens is 360 g/mol. The number of hydrogen-bond acceptors (Lipinski definition) is 4. The zero-order valence-corrected chi connectivity index (χ0v) is 15.2. The average Bonchev–Trinajstić information content (AvgIpc) is 3.16. The number of amides is 1. The van der Waals surface area contributed by atoms with Gasteiger partial charge in [-0.3, -0.25) is 9.52 Å². The van der Waals surface area contributed by atoms with Gasteiger partial charge in [0, 0.05) is 24.3 Å². The monoisotopic (exact) mass is 379 g/mol. The lowest BCUT2D eigenvalue weighted by Gasteiger charge is -2.10. The van der Waals surface area contributed by atoms with Crippen LogP contribution < -0.4 is 10.0 Å². The van der Waals surface area contributed by atoms with E-state index in [1.807, 2.05) is 30.6 Å². The van der Waals surface area contributed by atoms with Gasteiger partial charge in [-0.25, -0.2) is 8.78 Å². The van der Waals surface area contributed by atoms with Gasteiger partial charge in [0.15, 0.2) is 11.6 Å². The largest absolute Gasteiger partial charge is 0.395 e. The van der Waals surface area contributed by atoms with Crippen molar-refractivity contribution in [2.75, 3.05) is 11.9 Å². The number of carbonyl (C=O) groups is 1. The first-order valence-corrected chi connectivity index (χ1v) is 8.93. The number of nitrogens with one attached hydrogen (secondary N) is 2. The summed E-state index contributed by atoms with van der Waals surface area (Å²) in [5.41, 5.74) is 2.35. The number of anilines is 1. The van der Waals surface area contributed by atoms with Crippen molar-refractivity contribution in [3.8, 4) is 0 Å². The van der Waals surface area contributed by atoms with Crippen molar-refractivity contribution < 1.29 is 18.7 Å². The molecule has 1 aliphatic heterocycles. The summed E-state index contributed by atoms with van der Waals surface area (Å²) in [4.78, 5) is 13.7. The molecule has 0 saturated carbocycles. The lowest BCUT2D eigenvalue weighted by molar-refractivity contribution is 0.101. The van der Waals surface area contributed by atoms with Crippen molar-refractivity contribution in [3.05, 3.63) is 52.9 Å². The van der Waals surface area contributed by atoms with Crippen LogP contribution in [0.2, 0.25) is 0 Å². The van der Waals surface area contributed by atoms with E-state index in [9.17, 15) is 13.6 Å². The number of fused-ring (bicyclic) bond motifs is 1. The smallest absolute Gasteiger partial charge is 0.272 e. The van der Waals surface area contributed by atoms with Crippen LogP contribution >= 0.6 is 11.9 Å². The highest BCUT2D eigenvalue weighted by molar-refractivity contribution is 7.97. The molecule has 1 atom stereocenters. The van der Waals surface area contributed by atoms with Gasteiger partial charge in [0.2, 0.25) is 0 Å². The van der Waals surface area contributed by atoms with Gasteiger partial charge < -0.3 is 15.0 Å². The molecule has 3 rings (SSSR count). The van der Waals surface area contributed by atoms with Crippen LogP contribution in [-0.4, -0.2) is 28.2 Å². The maximum absolute atomic E-state index is 13.4. The van der Waals surface area contributed by atoms with E-state index < -0.39 is 11.6 Å². The molecule has 0 saturated heterocycles. The molecule has 1 aromatic carbocycles. The van der Waals surface area contributed by atoms with E-state index in [-0.39, 0.29) is 24.2 Å². The third-order valence-corrected chi connectivity index (χ3v) is 5.32. The van der Waals surface area contributed by atoms with Crippen LogP contribution in [-0.2, 0) is 6.54 Å². The molecule has 5 nitrogen and oxygen atoms in total. The van der Waals surface area contributed by atoms with Crippen LogP contribution in [0.25, 0.3) is 6.08 Å². The summed E-state index contributed by atoms with van der Waals surface area (Å²) in [5, 5.41) is 11.8. The Labute approximate surface area is 154 Å². The third-order valence-electron chi connectivity index (χ3n) is 4.08. The lowest BCUT2D eigenvalue weighted by atomic mass is 10.2. The van der Waals surface area contributed by atoms with Crippen molar-refractivity contribution in [2.24, 2.45) is 0 Å². The predicted octanol–water partition coefficient (Wildman–Crippen LogP) is 3.33. The molecule has 0 spiro atoms. The van der Waals surface area contributed by atoms with E-state index >= 15 is 0 Å². The molecule has 26 heavy (non-hydrogen) atoms. The molecule has 138 valence electrons. The standard InChI is InChI=1S/C18H19F2N3O2S/c1-10(9-24)22-26-17-11(2)16(23-7-3-4-15(17)23)18(25)21-12-5-6-13(19)14(20)8-12/h3-6,8,10,22,24H,7,9H2,1-2H3,(H,21,25). The molecular formula is C18H19F2N3O2S. The highest BCUT2D eigenvalue weighted by Crippen LogP contribution is 2.34. The minimum absolute atomic E-state index is 0.00139. The van der Waals surface area contributed by atoms with E-state index in [0.717, 1.165) is 28.3 Å². The Bertz CT molecular complexity index is 880. The van der Waals surface area contributed by atoms with E-state index in [2.05, 4.69) is 10.0 Å². The summed E-state index contributed by atoms with van der Waals surface area (Å²) in [7, 11) is 0. The van der Waals surface area contributed by atoms with E-state index in [1.54, 1.807) is 0 Å². The van der Waals surface area contributed by atoms with Gasteiger partial charge in [-0.05, 0) is 49.6 Å². The molecule has 3 N–H and O–H groups in total. The van der Waals surface area contributed by atoms with Gasteiger partial charge in [-0.15, -0.1) is 0 Å². The number of halogens is 2. The molecule has 2 aromatic rings. The van der Waals surface area contributed by atoms with Crippen molar-refractivity contribution in [1.82, 2.24) is 9.29 Å². The van der Waals surface area contributed by atoms with Crippen LogP contribution in [0.15, 0.2) is 29.2 Å². The van der Waals surface area contributed by atoms with Crippen LogP contribution in [0.1, 0.15) is 28.7 Å². The fraction of sp³-hybridized carbons (Fsp3) is 0.278. The van der Waals surface area contributed by atoms with E-state index in [0.29, 0.717) is 12.2 Å². The summed E-state index contributed by atoms with van der Waals surface area (Å²) >= 11 is 1.36. The van der Waals surface area contributed by atoms with Gasteiger partial charge >= 0.3 is 0 Å². The number of aliphatic hydroxyl groups excluding tert-OH is 1. The number of nitrogens with zero attached hydrogens (tertiary/aromatic N) is 1. The maximum Gasteiger partial charge on any atom is 0.272 e. The van der Waals surface area contributed by atoms with Crippen LogP contribution in [0, 0.1) is 18.6 Å². The second-order valence-corrected chi connectivity index (χ2v) is 6.94. The third kappa shape index (κ3) is 3.53. The SMILES string of the molecule is Cc1c(SNC(C)CO)c2n(c1C(=O)Nc1ccc(F)c(F)c1)CC=C2. The van der Waals surface area contributed by atoms with Crippen LogP contribution in [0.4, 0.5) is 14.5 Å². The topological polar surface area (TPSA) is 66.3 Å². The quantitative estimate of drug-likeness (QED) is 0.674. The molecule has 1 aliphatic rings. The summed E-state index contributed by atoms with van der Waals surface area (Å²) in [6.45, 7) is 4.26. The highest BCUT2D eigenvalue weighted by Gasteiger charge is 2.26. The summed E-state index contributed by atoms with van der Waals surface area (Å²) < 4.78 is 31.4. The van der Waals surface area contributed by atoms with Crippen LogP contribution in [0.5, 0.6) is 0 Å². The van der Waals surface area contributed by atoms with Gasteiger partial charge in [-0.1, -0.05) is 6.08 Å². The Kier molecular flexibility index (Phi) is 5.45. The molecule has 0 radical (unpaired) electrons. The fourth-order valence-corrected chi connectivity index (χ4v) is 3.68. The maximum atomic E-state index is 13.4. The Morgan fingerprint density at radius 3 is 2.85 bits per heavy atom. The molecule has 0 aliphatic carbocycles. The lowest BCUT2D eigenvalue weighted by Crippen LogP contribution is -2.22. The van der Waals surface area contributed by atoms with Crippen LogP contribution in [0.3, 0.4) is 0 Å². The van der Waals surface area contributed by atoms with E-state index in [1.165, 1.54) is 18.0 Å². The zero-order chi connectivity index (χ0) is 18.8. The van der Waals surface area contributed by atoms with Crippen molar-refractivity contribution in [1.29, 1.82) is 0 Å². The molecule has 1 aromatic heterocycles. The first-order valence-electron chi connectivity index (χ1n) is 8.11. The molecule has 0 bridgehead atoms. The number of hydrogen-bond donors (Lipinski definition) is 3. The van der Waals surface area contributed by atoms with Crippen molar-refractivity contribution >= 4 is 29.6 Å². The van der Waals surface area contributed by atoms with Gasteiger partial charge in [0.25, 0.3) is 5.91 Å². The molecule has 1 amide bonds. The number of carbonyl (C=O) groups excluding carboxylic acids is 1. The summed E-state index contributed by atoms with van der Waals surface area (Å²) in [6.07, 6.45) is 3.89. The summed E-state index contributed by atoms with van der Waals surface area (Å²) in [6, 6.07) is 3.15. The molecule has 2 heterocycles. The minimum Gasteiger partial charge on any atom is -0.395 e. The number of aliphatic hydroxyl groups is 1. The van der Waals surface area contributed by atoms with Gasteiger partial charge in [-0.2, -0.15) is 0 Å². The average molecular weight is 379 g/mol. The molecule has 8 heteroatoms. The Balaban J connectivity index is 1.88. The summed E-state index contributed by atoms with van der Waals surface area (Å²) in [5.74, 6) is -2.37. The predicted molar refractivity (Wildman–Crippen MR) is 98.1 cm³/mol. The zero-order valence-electron chi connectivity index (χ0n) is 14.3. The molecule has 1 unspecified atom stereocenters. The number of allylic oxidation sites excluding steroid dienone is 1. The van der Waals surface area contributed by atoms with Crippen molar-refractivity contribution in [2.45, 2.75) is 31.3 Å². The first kappa shape index (κ1) is 18.6.